The van der Waals surface area contributed by atoms with Crippen LogP contribution in [-0.4, -0.2) is 5.97 Å². The van der Waals surface area contributed by atoms with Crippen LogP contribution in [0.5, 0.6) is 0 Å². The zero-order valence-corrected chi connectivity index (χ0v) is 13.2. The van der Waals surface area contributed by atoms with Gasteiger partial charge in [-0.25, -0.2) is 4.79 Å². The first-order chi connectivity index (χ1) is 11.2. The van der Waals surface area contributed by atoms with E-state index in [9.17, 15) is 4.79 Å². The predicted octanol–water partition coefficient (Wildman–Crippen LogP) is 5.03. The van der Waals surface area contributed by atoms with E-state index in [1.165, 1.54) is 17.2 Å². The van der Waals surface area contributed by atoms with Gasteiger partial charge in [-0.05, 0) is 23.6 Å². The molecule has 2 nitrogen and oxygen atoms in total. The molecule has 0 unspecified atom stereocenters. The van der Waals surface area contributed by atoms with Crippen LogP contribution in [-0.2, 0) is 16.1 Å². The van der Waals surface area contributed by atoms with Crippen molar-refractivity contribution in [3.63, 3.8) is 0 Å². The molecule has 0 fully saturated rings. The minimum absolute atomic E-state index is 0.266. The number of benzene rings is 2. The average Bonchev–Trinajstić information content (AvgIpc) is 2.60. The number of allylic oxidation sites excluding steroid dienone is 2. The van der Waals surface area contributed by atoms with Crippen molar-refractivity contribution in [1.82, 2.24) is 0 Å². The molecule has 0 amide bonds. The van der Waals surface area contributed by atoms with Crippen LogP contribution in [0.3, 0.4) is 0 Å². The van der Waals surface area contributed by atoms with Crippen molar-refractivity contribution < 1.29 is 9.53 Å². The highest BCUT2D eigenvalue weighted by Gasteiger charge is 1.98. The molecule has 2 heteroatoms. The van der Waals surface area contributed by atoms with Crippen molar-refractivity contribution in [1.29, 1.82) is 0 Å². The Kier molecular flexibility index (Phi) is 6.13. The van der Waals surface area contributed by atoms with E-state index in [-0.39, 0.29) is 6.61 Å². The van der Waals surface area contributed by atoms with Gasteiger partial charge in [0.25, 0.3) is 0 Å². The van der Waals surface area contributed by atoms with E-state index in [1.54, 1.807) is 0 Å². The van der Waals surface area contributed by atoms with Crippen molar-refractivity contribution in [3.8, 4) is 0 Å². The van der Waals surface area contributed by atoms with Crippen LogP contribution in [0.15, 0.2) is 78.9 Å². The maximum Gasteiger partial charge on any atom is 0.330 e. The number of carbonyl (C=O) groups is 1. The third-order valence-corrected chi connectivity index (χ3v) is 3.26. The fourth-order valence-corrected chi connectivity index (χ4v) is 2.03. The molecule has 0 spiro atoms. The molecule has 0 radical (unpaired) electrons. The van der Waals surface area contributed by atoms with Crippen molar-refractivity contribution in [2.45, 2.75) is 13.5 Å². The van der Waals surface area contributed by atoms with E-state index < -0.39 is 5.97 Å². The maximum absolute atomic E-state index is 11.0. The van der Waals surface area contributed by atoms with Gasteiger partial charge in [-0.3, -0.25) is 0 Å². The van der Waals surface area contributed by atoms with Gasteiger partial charge >= 0.3 is 5.97 Å². The van der Waals surface area contributed by atoms with E-state index in [0.717, 1.165) is 11.1 Å². The molecule has 0 atom stereocenters. The number of hydrogen-bond donors (Lipinski definition) is 0. The van der Waals surface area contributed by atoms with Gasteiger partial charge in [0.2, 0.25) is 0 Å². The van der Waals surface area contributed by atoms with Gasteiger partial charge in [-0.1, -0.05) is 85.0 Å². The van der Waals surface area contributed by atoms with Gasteiger partial charge in [-0.15, -0.1) is 0 Å². The molecule has 116 valence electrons. The van der Waals surface area contributed by atoms with Gasteiger partial charge in [0.1, 0.15) is 6.61 Å². The first-order valence-corrected chi connectivity index (χ1v) is 7.47. The first kappa shape index (κ1) is 16.5. The summed E-state index contributed by atoms with van der Waals surface area (Å²) in [7, 11) is 0. The fourth-order valence-electron chi connectivity index (χ4n) is 2.03. The topological polar surface area (TPSA) is 26.3 Å². The van der Waals surface area contributed by atoms with Crippen molar-refractivity contribution >= 4 is 18.1 Å². The highest BCUT2D eigenvalue weighted by Crippen LogP contribution is 2.12. The molecule has 0 bridgehead atoms. The summed E-state index contributed by atoms with van der Waals surface area (Å²) in [6, 6.07) is 18.1. The molecular weight excluding hydrogens is 284 g/mol. The van der Waals surface area contributed by atoms with E-state index >= 15 is 0 Å². The molecule has 23 heavy (non-hydrogen) atoms. The van der Waals surface area contributed by atoms with Crippen LogP contribution < -0.4 is 0 Å². The summed E-state index contributed by atoms with van der Waals surface area (Å²) >= 11 is 0. The quantitative estimate of drug-likeness (QED) is 0.425. The third-order valence-electron chi connectivity index (χ3n) is 3.26. The number of esters is 1. The molecule has 0 aromatic heterocycles. The van der Waals surface area contributed by atoms with Crippen LogP contribution in [0.2, 0.25) is 0 Å². The number of carbonyl (C=O) groups excluding carboxylic acids is 1. The summed E-state index contributed by atoms with van der Waals surface area (Å²) in [6.45, 7) is 5.70. The highest BCUT2D eigenvalue weighted by atomic mass is 16.5. The SMILES string of the molecule is C=CC(=O)OCc1ccc(/C=C(C)\C=C/c2ccccc2)cc1. The molecule has 0 heterocycles. The van der Waals surface area contributed by atoms with Gasteiger partial charge in [-0.2, -0.15) is 0 Å². The molecule has 0 saturated heterocycles. The highest BCUT2D eigenvalue weighted by molar-refractivity contribution is 5.81. The second kappa shape index (κ2) is 8.54. The molecule has 0 saturated carbocycles. The van der Waals surface area contributed by atoms with E-state index in [2.05, 4.69) is 43.9 Å². The standard InChI is InChI=1S/C21H20O2/c1-3-21(22)23-16-20-13-11-19(12-14-20)15-17(2)9-10-18-7-5-4-6-8-18/h3-15H,1,16H2,2H3/b10-9-,17-15-. The summed E-state index contributed by atoms with van der Waals surface area (Å²) in [5.41, 5.74) is 4.41. The molecule has 0 aliphatic heterocycles. The van der Waals surface area contributed by atoms with Gasteiger partial charge < -0.3 is 4.74 Å². The minimum Gasteiger partial charge on any atom is -0.458 e. The normalized spacial score (nSPS) is 11.4. The Balaban J connectivity index is 1.97. The lowest BCUT2D eigenvalue weighted by Crippen LogP contribution is -1.99. The van der Waals surface area contributed by atoms with Gasteiger partial charge in [0.15, 0.2) is 0 Å². The lowest BCUT2D eigenvalue weighted by Gasteiger charge is -2.03. The van der Waals surface area contributed by atoms with Gasteiger partial charge in [0, 0.05) is 6.08 Å². The first-order valence-electron chi connectivity index (χ1n) is 7.47. The smallest absolute Gasteiger partial charge is 0.330 e. The molecule has 2 aromatic rings. The van der Waals surface area contributed by atoms with Crippen molar-refractivity contribution in [2.24, 2.45) is 0 Å². The summed E-state index contributed by atoms with van der Waals surface area (Å²) in [6.07, 6.45) is 7.46. The number of ether oxygens (including phenoxy) is 1. The van der Waals surface area contributed by atoms with E-state index in [1.807, 2.05) is 42.5 Å². The summed E-state index contributed by atoms with van der Waals surface area (Å²) in [5.74, 6) is -0.407. The monoisotopic (exact) mass is 304 g/mol. The Labute approximate surface area is 137 Å². The zero-order valence-electron chi connectivity index (χ0n) is 13.2. The Hall–Kier alpha value is -2.87. The molecule has 0 N–H and O–H groups in total. The largest absolute Gasteiger partial charge is 0.458 e. The Bertz CT molecular complexity index is 707. The zero-order chi connectivity index (χ0) is 16.5. The second-order valence-corrected chi connectivity index (χ2v) is 5.19. The number of hydrogen-bond acceptors (Lipinski definition) is 2. The summed E-state index contributed by atoms with van der Waals surface area (Å²) in [4.78, 5) is 11.0. The molecule has 0 aliphatic rings. The Morgan fingerprint density at radius 2 is 1.74 bits per heavy atom. The second-order valence-electron chi connectivity index (χ2n) is 5.19. The van der Waals surface area contributed by atoms with Crippen LogP contribution in [0.1, 0.15) is 23.6 Å². The van der Waals surface area contributed by atoms with Crippen molar-refractivity contribution in [3.05, 3.63) is 95.6 Å². The molecular formula is C21H20O2. The fraction of sp³-hybridized carbons (Fsp3) is 0.0952. The molecule has 2 rings (SSSR count). The predicted molar refractivity (Wildman–Crippen MR) is 95.6 cm³/mol. The van der Waals surface area contributed by atoms with Gasteiger partial charge in [0.05, 0.1) is 0 Å². The third kappa shape index (κ3) is 5.79. The van der Waals surface area contributed by atoms with Crippen LogP contribution >= 0.6 is 0 Å². The minimum atomic E-state index is -0.407. The average molecular weight is 304 g/mol. The van der Waals surface area contributed by atoms with E-state index in [4.69, 9.17) is 4.74 Å². The van der Waals surface area contributed by atoms with E-state index in [0.29, 0.717) is 0 Å². The van der Waals surface area contributed by atoms with Crippen LogP contribution in [0.25, 0.3) is 12.2 Å². The number of rotatable bonds is 6. The Morgan fingerprint density at radius 3 is 2.39 bits per heavy atom. The summed E-state index contributed by atoms with van der Waals surface area (Å²) in [5, 5.41) is 0. The van der Waals surface area contributed by atoms with Crippen LogP contribution in [0, 0.1) is 0 Å². The molecule has 0 aliphatic carbocycles. The maximum atomic E-state index is 11.0. The molecule has 2 aromatic carbocycles. The lowest BCUT2D eigenvalue weighted by molar-refractivity contribution is -0.138. The lowest BCUT2D eigenvalue weighted by atomic mass is 10.1. The van der Waals surface area contributed by atoms with Crippen molar-refractivity contribution in [2.75, 3.05) is 0 Å². The Morgan fingerprint density at radius 1 is 1.04 bits per heavy atom. The van der Waals surface area contributed by atoms with Crippen LogP contribution in [0.4, 0.5) is 0 Å². The summed E-state index contributed by atoms with van der Waals surface area (Å²) < 4.78 is 5.00.